The number of anilines is 1. The van der Waals surface area contributed by atoms with Crippen molar-refractivity contribution in [3.63, 3.8) is 0 Å². The van der Waals surface area contributed by atoms with E-state index in [4.69, 9.17) is 0 Å². The quantitative estimate of drug-likeness (QED) is 0.888. The molecule has 2 N–H and O–H groups in total. The molecule has 0 aliphatic carbocycles. The minimum Gasteiger partial charge on any atom is -0.387 e. The molecule has 1 aromatic rings. The van der Waals surface area contributed by atoms with Gasteiger partial charge in [-0.1, -0.05) is 20.8 Å². The molecule has 21 heavy (non-hydrogen) atoms. The molecule has 0 spiro atoms. The number of hydrogen-bond donors (Lipinski definition) is 2. The van der Waals surface area contributed by atoms with Crippen molar-refractivity contribution < 1.29 is 18.0 Å². The average molecular weight is 302 g/mol. The lowest BCUT2D eigenvalue weighted by Gasteiger charge is -2.28. The van der Waals surface area contributed by atoms with Gasteiger partial charge in [-0.25, -0.2) is 0 Å². The Bertz CT molecular complexity index is 519. The summed E-state index contributed by atoms with van der Waals surface area (Å²) in [6, 6.07) is 2.91. The number of carbonyl (C=O) groups excluding carboxylic acids is 1. The molecule has 1 unspecified atom stereocenters. The fourth-order valence-corrected chi connectivity index (χ4v) is 1.62. The van der Waals surface area contributed by atoms with Crippen LogP contribution in [0.4, 0.5) is 18.9 Å². The number of amides is 1. The molecule has 0 fully saturated rings. The fraction of sp³-hybridized carbons (Fsp3) is 0.533. The SMILES string of the molecule is CNc1ccc(C(F)(F)F)cc1C(=O)NC(C)C(C)(C)C. The summed E-state index contributed by atoms with van der Waals surface area (Å²) >= 11 is 0. The van der Waals surface area contributed by atoms with Crippen LogP contribution >= 0.6 is 0 Å². The molecule has 6 heteroatoms. The summed E-state index contributed by atoms with van der Waals surface area (Å²) < 4.78 is 38.3. The highest BCUT2D eigenvalue weighted by atomic mass is 19.4. The van der Waals surface area contributed by atoms with Crippen LogP contribution in [0.25, 0.3) is 0 Å². The largest absolute Gasteiger partial charge is 0.416 e. The smallest absolute Gasteiger partial charge is 0.387 e. The van der Waals surface area contributed by atoms with E-state index in [1.807, 2.05) is 27.7 Å². The van der Waals surface area contributed by atoms with Crippen molar-refractivity contribution in [1.29, 1.82) is 0 Å². The molecule has 1 amide bonds. The molecule has 0 bridgehead atoms. The first-order chi connectivity index (χ1) is 9.46. The highest BCUT2D eigenvalue weighted by Crippen LogP contribution is 2.32. The van der Waals surface area contributed by atoms with E-state index in [9.17, 15) is 18.0 Å². The third kappa shape index (κ3) is 4.37. The van der Waals surface area contributed by atoms with E-state index in [2.05, 4.69) is 10.6 Å². The number of carbonyl (C=O) groups is 1. The molecule has 0 heterocycles. The van der Waals surface area contributed by atoms with E-state index in [1.54, 1.807) is 7.05 Å². The van der Waals surface area contributed by atoms with Crippen LogP contribution in [-0.4, -0.2) is 19.0 Å². The van der Waals surface area contributed by atoms with E-state index in [0.717, 1.165) is 12.1 Å². The molecule has 0 radical (unpaired) electrons. The maximum Gasteiger partial charge on any atom is 0.416 e. The van der Waals surface area contributed by atoms with Crippen molar-refractivity contribution >= 4 is 11.6 Å². The van der Waals surface area contributed by atoms with Crippen LogP contribution in [0.5, 0.6) is 0 Å². The van der Waals surface area contributed by atoms with E-state index in [-0.39, 0.29) is 17.0 Å². The molecule has 0 aliphatic rings. The topological polar surface area (TPSA) is 41.1 Å². The molecule has 1 atom stereocenters. The lowest BCUT2D eigenvalue weighted by atomic mass is 9.88. The van der Waals surface area contributed by atoms with E-state index in [0.29, 0.717) is 5.69 Å². The van der Waals surface area contributed by atoms with E-state index in [1.165, 1.54) is 6.07 Å². The van der Waals surface area contributed by atoms with Crippen molar-refractivity contribution in [2.45, 2.75) is 39.9 Å². The van der Waals surface area contributed by atoms with Crippen molar-refractivity contribution in [3.05, 3.63) is 29.3 Å². The molecule has 0 saturated carbocycles. The van der Waals surface area contributed by atoms with Gasteiger partial charge in [0.05, 0.1) is 11.1 Å². The highest BCUT2D eigenvalue weighted by Gasteiger charge is 2.32. The van der Waals surface area contributed by atoms with Gasteiger partial charge in [0.1, 0.15) is 0 Å². The normalized spacial score (nSPS) is 13.7. The molecule has 0 aromatic heterocycles. The minimum absolute atomic E-state index is 0.0107. The zero-order chi connectivity index (χ0) is 16.4. The summed E-state index contributed by atoms with van der Waals surface area (Å²) in [7, 11) is 1.56. The maximum absolute atomic E-state index is 12.8. The number of halogens is 3. The highest BCUT2D eigenvalue weighted by molar-refractivity contribution is 6.00. The molecular weight excluding hydrogens is 281 g/mol. The van der Waals surface area contributed by atoms with Gasteiger partial charge in [0.2, 0.25) is 0 Å². The second kappa shape index (κ2) is 5.95. The summed E-state index contributed by atoms with van der Waals surface area (Å²) in [4.78, 5) is 12.2. The van der Waals surface area contributed by atoms with E-state index >= 15 is 0 Å². The predicted molar refractivity (Wildman–Crippen MR) is 77.4 cm³/mol. The Morgan fingerprint density at radius 3 is 2.19 bits per heavy atom. The maximum atomic E-state index is 12.8. The number of nitrogens with one attached hydrogen (secondary N) is 2. The first kappa shape index (κ1) is 17.3. The van der Waals surface area contributed by atoms with E-state index < -0.39 is 17.6 Å². The van der Waals surface area contributed by atoms with Gasteiger partial charge in [0.15, 0.2) is 0 Å². The third-order valence-corrected chi connectivity index (χ3v) is 3.51. The third-order valence-electron chi connectivity index (χ3n) is 3.51. The van der Waals surface area contributed by atoms with Crippen LogP contribution < -0.4 is 10.6 Å². The second-order valence-corrected chi connectivity index (χ2v) is 6.07. The predicted octanol–water partition coefficient (Wildman–Crippen LogP) is 3.91. The number of hydrogen-bond acceptors (Lipinski definition) is 2. The van der Waals surface area contributed by atoms with Crippen molar-refractivity contribution in [3.8, 4) is 0 Å². The van der Waals surface area contributed by atoms with Gasteiger partial charge in [0, 0.05) is 18.8 Å². The standard InChI is InChI=1S/C15H21F3N2O/c1-9(14(2,3)4)20-13(21)11-8-10(15(16,17)18)6-7-12(11)19-5/h6-9,19H,1-5H3,(H,20,21). The van der Waals surface area contributed by atoms with Crippen LogP contribution in [0, 0.1) is 5.41 Å². The van der Waals surface area contributed by atoms with Crippen LogP contribution in [0.2, 0.25) is 0 Å². The average Bonchev–Trinajstić information content (AvgIpc) is 2.35. The number of rotatable bonds is 3. The second-order valence-electron chi connectivity index (χ2n) is 6.07. The van der Waals surface area contributed by atoms with Gasteiger partial charge >= 0.3 is 6.18 Å². The van der Waals surface area contributed by atoms with Gasteiger partial charge in [-0.2, -0.15) is 13.2 Å². The molecule has 118 valence electrons. The monoisotopic (exact) mass is 302 g/mol. The van der Waals surface area contributed by atoms with Crippen molar-refractivity contribution in [2.75, 3.05) is 12.4 Å². The summed E-state index contributed by atoms with van der Waals surface area (Å²) in [5.41, 5.74) is -0.669. The Labute approximate surface area is 122 Å². The van der Waals surface area contributed by atoms with Crippen LogP contribution in [-0.2, 0) is 6.18 Å². The summed E-state index contributed by atoms with van der Waals surface area (Å²) in [5, 5.41) is 5.48. The van der Waals surface area contributed by atoms with Gasteiger partial charge in [-0.05, 0) is 30.5 Å². The van der Waals surface area contributed by atoms with Crippen molar-refractivity contribution in [2.24, 2.45) is 5.41 Å². The van der Waals surface area contributed by atoms with Gasteiger partial charge in [-0.3, -0.25) is 4.79 Å². The van der Waals surface area contributed by atoms with Crippen LogP contribution in [0.3, 0.4) is 0 Å². The van der Waals surface area contributed by atoms with Gasteiger partial charge in [0.25, 0.3) is 5.91 Å². The zero-order valence-electron chi connectivity index (χ0n) is 12.9. The van der Waals surface area contributed by atoms with Crippen LogP contribution in [0.15, 0.2) is 18.2 Å². The molecule has 0 aliphatic heterocycles. The Kier molecular flexibility index (Phi) is 4.91. The lowest BCUT2D eigenvalue weighted by Crippen LogP contribution is -2.41. The zero-order valence-corrected chi connectivity index (χ0v) is 12.9. The number of benzene rings is 1. The molecule has 1 aromatic carbocycles. The van der Waals surface area contributed by atoms with Crippen molar-refractivity contribution in [1.82, 2.24) is 5.32 Å². The Hall–Kier alpha value is -1.72. The summed E-state index contributed by atoms with van der Waals surface area (Å²) in [6.45, 7) is 7.67. The lowest BCUT2D eigenvalue weighted by molar-refractivity contribution is -0.137. The van der Waals surface area contributed by atoms with Gasteiger partial charge in [-0.15, -0.1) is 0 Å². The minimum atomic E-state index is -4.48. The first-order valence-electron chi connectivity index (χ1n) is 6.66. The van der Waals surface area contributed by atoms with Gasteiger partial charge < -0.3 is 10.6 Å². The Balaban J connectivity index is 3.13. The van der Waals surface area contributed by atoms with Crippen LogP contribution in [0.1, 0.15) is 43.6 Å². The fourth-order valence-electron chi connectivity index (χ4n) is 1.62. The first-order valence-corrected chi connectivity index (χ1v) is 6.66. The Morgan fingerprint density at radius 2 is 1.76 bits per heavy atom. The molecular formula is C15H21F3N2O. The Morgan fingerprint density at radius 1 is 1.19 bits per heavy atom. The molecule has 3 nitrogen and oxygen atoms in total. The summed E-state index contributed by atoms with van der Waals surface area (Å²) in [5.74, 6) is -0.520. The molecule has 0 saturated heterocycles. The number of alkyl halides is 3. The molecule has 1 rings (SSSR count). The summed E-state index contributed by atoms with van der Waals surface area (Å²) in [6.07, 6.45) is -4.48.